The highest BCUT2D eigenvalue weighted by Gasteiger charge is 2.14. The molecule has 0 aliphatic heterocycles. The fraction of sp³-hybridized carbons (Fsp3) is 0.0556. The second-order valence-corrected chi connectivity index (χ2v) is 6.81. The Morgan fingerprint density at radius 2 is 1.93 bits per heavy atom. The van der Waals surface area contributed by atoms with E-state index >= 15 is 0 Å². The average molecular weight is 451 g/mol. The van der Waals surface area contributed by atoms with Crippen LogP contribution in [0.25, 0.3) is 11.3 Å². The molecule has 3 aromatic rings. The number of hydrogen-bond acceptors (Lipinski definition) is 5. The van der Waals surface area contributed by atoms with Crippen LogP contribution in [-0.4, -0.2) is 15.9 Å². The summed E-state index contributed by atoms with van der Waals surface area (Å²) in [5, 5.41) is 0.559. The molecule has 0 saturated heterocycles. The van der Waals surface area contributed by atoms with Crippen molar-refractivity contribution in [3.8, 4) is 11.3 Å². The van der Waals surface area contributed by atoms with Gasteiger partial charge in [-0.1, -0.05) is 23.7 Å². The topological polar surface area (TPSA) is 92.9 Å². The van der Waals surface area contributed by atoms with E-state index in [9.17, 15) is 9.18 Å². The molecule has 0 aliphatic rings. The molecule has 1 heterocycles. The van der Waals surface area contributed by atoms with Crippen molar-refractivity contribution in [2.45, 2.75) is 6.42 Å². The minimum atomic E-state index is -0.358. The van der Waals surface area contributed by atoms with Gasteiger partial charge < -0.3 is 5.73 Å². The fourth-order valence-corrected chi connectivity index (χ4v) is 3.07. The molecule has 4 N–H and O–H groups in total. The number of halogens is 3. The predicted molar refractivity (Wildman–Crippen MR) is 106 cm³/mol. The van der Waals surface area contributed by atoms with E-state index in [-0.39, 0.29) is 29.9 Å². The number of carbonyl (C=O) groups excluding carboxylic acids is 1. The summed E-state index contributed by atoms with van der Waals surface area (Å²) < 4.78 is 13.6. The number of amides is 1. The Kier molecular flexibility index (Phi) is 5.88. The van der Waals surface area contributed by atoms with E-state index in [1.54, 1.807) is 36.4 Å². The molecule has 138 valence electrons. The molecule has 0 fully saturated rings. The number of nitrogens with two attached hydrogens (primary N) is 1. The van der Waals surface area contributed by atoms with Crippen molar-refractivity contribution in [2.75, 3.05) is 11.2 Å². The van der Waals surface area contributed by atoms with Crippen molar-refractivity contribution >= 4 is 45.2 Å². The zero-order valence-corrected chi connectivity index (χ0v) is 16.2. The number of hydrazine groups is 1. The van der Waals surface area contributed by atoms with Crippen LogP contribution in [0.1, 0.15) is 5.56 Å². The van der Waals surface area contributed by atoms with E-state index in [2.05, 4.69) is 36.7 Å². The Hall–Kier alpha value is -2.71. The van der Waals surface area contributed by atoms with Crippen molar-refractivity contribution in [3.05, 3.63) is 69.4 Å². The van der Waals surface area contributed by atoms with Gasteiger partial charge in [-0.15, -0.1) is 0 Å². The molecular weight excluding hydrogens is 437 g/mol. The highest BCUT2D eigenvalue weighted by molar-refractivity contribution is 9.10. The smallest absolute Gasteiger partial charge is 0.242 e. The Bertz CT molecular complexity index is 984. The van der Waals surface area contributed by atoms with Crippen molar-refractivity contribution in [2.24, 2.45) is 0 Å². The summed E-state index contributed by atoms with van der Waals surface area (Å²) in [6.07, 6.45) is 0.135. The lowest BCUT2D eigenvalue weighted by Gasteiger charge is -2.13. The summed E-state index contributed by atoms with van der Waals surface area (Å²) >= 11 is 9.31. The van der Waals surface area contributed by atoms with Gasteiger partial charge in [0.2, 0.25) is 11.9 Å². The lowest BCUT2D eigenvalue weighted by molar-refractivity contribution is -0.119. The Morgan fingerprint density at radius 1 is 1.19 bits per heavy atom. The maximum absolute atomic E-state index is 13.1. The number of rotatable bonds is 5. The van der Waals surface area contributed by atoms with Gasteiger partial charge in [0.25, 0.3) is 0 Å². The van der Waals surface area contributed by atoms with Crippen LogP contribution in [0, 0.1) is 5.82 Å². The molecule has 6 nitrogen and oxygen atoms in total. The molecule has 0 saturated carbocycles. The summed E-state index contributed by atoms with van der Waals surface area (Å²) in [5.41, 5.74) is 12.9. The van der Waals surface area contributed by atoms with Crippen molar-refractivity contribution in [1.82, 2.24) is 15.4 Å². The largest absolute Gasteiger partial charge is 0.368 e. The van der Waals surface area contributed by atoms with Crippen LogP contribution in [-0.2, 0) is 11.2 Å². The number of nitrogens with one attached hydrogen (secondary N) is 2. The van der Waals surface area contributed by atoms with Crippen LogP contribution in [0.4, 0.5) is 16.2 Å². The van der Waals surface area contributed by atoms with Crippen LogP contribution in [0.15, 0.2) is 53.0 Å². The molecular formula is C18H14BrClFN5O. The highest BCUT2D eigenvalue weighted by Crippen LogP contribution is 2.31. The number of nitrogen functional groups attached to an aromatic ring is 1. The lowest BCUT2D eigenvalue weighted by atomic mass is 10.1. The minimum absolute atomic E-state index is 0.00381. The minimum Gasteiger partial charge on any atom is -0.368 e. The van der Waals surface area contributed by atoms with Gasteiger partial charge in [-0.05, 0) is 57.9 Å². The molecule has 0 unspecified atom stereocenters. The first-order valence-corrected chi connectivity index (χ1v) is 8.97. The zero-order chi connectivity index (χ0) is 19.4. The lowest BCUT2D eigenvalue weighted by Crippen LogP contribution is -2.31. The van der Waals surface area contributed by atoms with Gasteiger partial charge >= 0.3 is 0 Å². The fourth-order valence-electron chi connectivity index (χ4n) is 2.35. The molecule has 2 aromatic carbocycles. The third-order valence-electron chi connectivity index (χ3n) is 3.56. The summed E-state index contributed by atoms with van der Waals surface area (Å²) in [7, 11) is 0. The summed E-state index contributed by atoms with van der Waals surface area (Å²) in [6.45, 7) is 0. The second-order valence-electron chi connectivity index (χ2n) is 5.58. The first-order valence-electron chi connectivity index (χ1n) is 7.80. The molecule has 0 aliphatic carbocycles. The number of nitrogens with zero attached hydrogens (tertiary/aromatic N) is 2. The van der Waals surface area contributed by atoms with Gasteiger partial charge in [0.05, 0.1) is 16.6 Å². The summed E-state index contributed by atoms with van der Waals surface area (Å²) in [5.74, 6) is -0.362. The number of benzene rings is 2. The molecule has 27 heavy (non-hydrogen) atoms. The van der Waals surface area contributed by atoms with Gasteiger partial charge in [0.15, 0.2) is 5.82 Å². The highest BCUT2D eigenvalue weighted by atomic mass is 79.9. The third kappa shape index (κ3) is 4.93. The van der Waals surface area contributed by atoms with Gasteiger partial charge in [-0.2, -0.15) is 4.98 Å². The van der Waals surface area contributed by atoms with Crippen LogP contribution in [0.5, 0.6) is 0 Å². The normalized spacial score (nSPS) is 10.5. The van der Waals surface area contributed by atoms with E-state index in [4.69, 9.17) is 17.3 Å². The van der Waals surface area contributed by atoms with Crippen molar-refractivity contribution in [1.29, 1.82) is 0 Å². The van der Waals surface area contributed by atoms with E-state index in [1.165, 1.54) is 12.1 Å². The van der Waals surface area contributed by atoms with Crippen LogP contribution in [0.3, 0.4) is 0 Å². The van der Waals surface area contributed by atoms with E-state index in [0.717, 1.165) is 5.56 Å². The number of aromatic nitrogens is 2. The number of hydrogen-bond donors (Lipinski definition) is 3. The maximum atomic E-state index is 13.1. The van der Waals surface area contributed by atoms with Crippen LogP contribution >= 0.6 is 27.5 Å². The van der Waals surface area contributed by atoms with Crippen molar-refractivity contribution < 1.29 is 9.18 Å². The SMILES string of the molecule is Nc1nc(NNC(=O)Cc2cccc(Cl)c2)c(Br)c(-c2ccc(F)cc2)n1. The van der Waals surface area contributed by atoms with E-state index < -0.39 is 0 Å². The molecule has 0 radical (unpaired) electrons. The summed E-state index contributed by atoms with van der Waals surface area (Å²) in [6, 6.07) is 12.8. The number of anilines is 2. The van der Waals surface area contributed by atoms with Crippen LogP contribution in [0.2, 0.25) is 5.02 Å². The first-order chi connectivity index (χ1) is 12.9. The molecule has 9 heteroatoms. The molecule has 3 rings (SSSR count). The number of carbonyl (C=O) groups is 1. The molecule has 1 aromatic heterocycles. The quantitative estimate of drug-likeness (QED) is 0.512. The van der Waals surface area contributed by atoms with Crippen molar-refractivity contribution in [3.63, 3.8) is 0 Å². The Morgan fingerprint density at radius 3 is 2.63 bits per heavy atom. The van der Waals surface area contributed by atoms with Gasteiger partial charge in [-0.25, -0.2) is 9.37 Å². The zero-order valence-electron chi connectivity index (χ0n) is 13.8. The van der Waals surface area contributed by atoms with Gasteiger partial charge in [0.1, 0.15) is 5.82 Å². The third-order valence-corrected chi connectivity index (χ3v) is 4.55. The van der Waals surface area contributed by atoms with Crippen LogP contribution < -0.4 is 16.6 Å². The van der Waals surface area contributed by atoms with Gasteiger partial charge in [-0.3, -0.25) is 15.6 Å². The predicted octanol–water partition coefficient (Wildman–Crippen LogP) is 3.97. The Balaban J connectivity index is 1.75. The second kappa shape index (κ2) is 8.32. The first kappa shape index (κ1) is 19.1. The monoisotopic (exact) mass is 449 g/mol. The Labute approximate surface area is 168 Å². The average Bonchev–Trinajstić information content (AvgIpc) is 2.63. The maximum Gasteiger partial charge on any atom is 0.242 e. The molecule has 1 amide bonds. The van der Waals surface area contributed by atoms with E-state index in [1.807, 2.05) is 0 Å². The molecule has 0 atom stereocenters. The standard InChI is InChI=1S/C18H14BrClFN5O/c19-15-16(11-4-6-13(21)7-5-11)23-18(22)24-17(15)26-25-14(27)9-10-2-1-3-12(20)8-10/h1-8H,9H2,(H,25,27)(H3,22,23,24,26). The molecule has 0 spiro atoms. The van der Waals surface area contributed by atoms with E-state index in [0.29, 0.717) is 20.8 Å². The molecule has 0 bridgehead atoms. The van der Waals surface area contributed by atoms with Gasteiger partial charge in [0, 0.05) is 10.6 Å². The summed E-state index contributed by atoms with van der Waals surface area (Å²) in [4.78, 5) is 20.4.